The highest BCUT2D eigenvalue weighted by molar-refractivity contribution is 14.0. The first-order chi connectivity index (χ1) is 10.7. The number of hydrogen-bond donors (Lipinski definition) is 3. The standard InChI is InChI=1S/C18H23N3O.HI/c1-3-19-18(20-12-15-7-9-17(22)10-8-15)21-13-16-6-4-5-14(2)11-16;/h4-11,22H,3,12-13H2,1-2H3,(H2,19,20,21);1H. The van der Waals surface area contributed by atoms with Crippen LogP contribution >= 0.6 is 24.0 Å². The van der Waals surface area contributed by atoms with Crippen LogP contribution in [0.4, 0.5) is 0 Å². The van der Waals surface area contributed by atoms with E-state index in [1.165, 1.54) is 11.1 Å². The average molecular weight is 425 g/mol. The number of aliphatic imine (C=N–C) groups is 1. The molecule has 0 atom stereocenters. The molecule has 3 N–H and O–H groups in total. The van der Waals surface area contributed by atoms with Crippen molar-refractivity contribution in [2.45, 2.75) is 26.9 Å². The van der Waals surface area contributed by atoms with Gasteiger partial charge in [-0.3, -0.25) is 0 Å². The van der Waals surface area contributed by atoms with Gasteiger partial charge in [0, 0.05) is 13.1 Å². The molecule has 0 radical (unpaired) electrons. The summed E-state index contributed by atoms with van der Waals surface area (Å²) < 4.78 is 0. The molecule has 0 fully saturated rings. The minimum absolute atomic E-state index is 0. The van der Waals surface area contributed by atoms with Crippen molar-refractivity contribution in [3.8, 4) is 5.75 Å². The molecule has 4 nitrogen and oxygen atoms in total. The molecule has 0 aliphatic carbocycles. The van der Waals surface area contributed by atoms with Crippen molar-refractivity contribution in [2.24, 2.45) is 4.99 Å². The third kappa shape index (κ3) is 6.90. The van der Waals surface area contributed by atoms with Gasteiger partial charge in [-0.2, -0.15) is 0 Å². The molecule has 0 unspecified atom stereocenters. The lowest BCUT2D eigenvalue weighted by Gasteiger charge is -2.11. The lowest BCUT2D eigenvalue weighted by atomic mass is 10.1. The second-order valence-corrected chi connectivity index (χ2v) is 5.20. The lowest BCUT2D eigenvalue weighted by Crippen LogP contribution is -2.36. The fraction of sp³-hybridized carbons (Fsp3) is 0.278. The van der Waals surface area contributed by atoms with E-state index in [2.05, 4.69) is 46.8 Å². The number of aromatic hydroxyl groups is 1. The number of phenols is 1. The zero-order valence-electron chi connectivity index (χ0n) is 13.5. The van der Waals surface area contributed by atoms with Gasteiger partial charge in [0.1, 0.15) is 5.75 Å². The molecule has 0 bridgehead atoms. The topological polar surface area (TPSA) is 56.7 Å². The molecule has 0 aliphatic rings. The number of phenolic OH excluding ortho intramolecular Hbond substituents is 1. The zero-order chi connectivity index (χ0) is 15.8. The first-order valence-electron chi connectivity index (χ1n) is 7.53. The maximum Gasteiger partial charge on any atom is 0.191 e. The Morgan fingerprint density at radius 1 is 1.04 bits per heavy atom. The number of nitrogens with one attached hydrogen (secondary N) is 2. The second-order valence-electron chi connectivity index (χ2n) is 5.20. The summed E-state index contributed by atoms with van der Waals surface area (Å²) in [6.07, 6.45) is 0. The Labute approximate surface area is 155 Å². The predicted octanol–water partition coefficient (Wildman–Crippen LogP) is 3.57. The fourth-order valence-electron chi connectivity index (χ4n) is 2.12. The highest BCUT2D eigenvalue weighted by Crippen LogP contribution is 2.09. The second kappa shape index (κ2) is 10.1. The van der Waals surface area contributed by atoms with Gasteiger partial charge in [0.05, 0.1) is 6.54 Å². The van der Waals surface area contributed by atoms with E-state index in [-0.39, 0.29) is 29.7 Å². The summed E-state index contributed by atoms with van der Waals surface area (Å²) >= 11 is 0. The summed E-state index contributed by atoms with van der Waals surface area (Å²) in [5.41, 5.74) is 3.54. The summed E-state index contributed by atoms with van der Waals surface area (Å²) in [4.78, 5) is 4.60. The number of guanidine groups is 1. The van der Waals surface area contributed by atoms with E-state index in [0.717, 1.165) is 18.1 Å². The van der Waals surface area contributed by atoms with Crippen molar-refractivity contribution >= 4 is 29.9 Å². The van der Waals surface area contributed by atoms with Gasteiger partial charge in [-0.25, -0.2) is 4.99 Å². The van der Waals surface area contributed by atoms with Crippen molar-refractivity contribution in [3.05, 3.63) is 65.2 Å². The Morgan fingerprint density at radius 3 is 2.43 bits per heavy atom. The van der Waals surface area contributed by atoms with E-state index in [1.54, 1.807) is 12.1 Å². The zero-order valence-corrected chi connectivity index (χ0v) is 15.9. The van der Waals surface area contributed by atoms with Crippen LogP contribution < -0.4 is 10.6 Å². The summed E-state index contributed by atoms with van der Waals surface area (Å²) in [6.45, 7) is 6.26. The van der Waals surface area contributed by atoms with Crippen LogP contribution in [0.15, 0.2) is 53.5 Å². The molecule has 0 spiro atoms. The molecule has 5 heteroatoms. The molecular weight excluding hydrogens is 401 g/mol. The summed E-state index contributed by atoms with van der Waals surface area (Å²) in [5.74, 6) is 1.07. The number of rotatable bonds is 5. The third-order valence-corrected chi connectivity index (χ3v) is 3.24. The number of hydrogen-bond acceptors (Lipinski definition) is 2. The van der Waals surface area contributed by atoms with Crippen molar-refractivity contribution in [1.29, 1.82) is 0 Å². The smallest absolute Gasteiger partial charge is 0.191 e. The predicted molar refractivity (Wildman–Crippen MR) is 106 cm³/mol. The van der Waals surface area contributed by atoms with Gasteiger partial charge in [-0.15, -0.1) is 24.0 Å². The SMILES string of the molecule is CCNC(=NCc1cccc(C)c1)NCc1ccc(O)cc1.I. The van der Waals surface area contributed by atoms with E-state index >= 15 is 0 Å². The van der Waals surface area contributed by atoms with E-state index in [9.17, 15) is 5.11 Å². The van der Waals surface area contributed by atoms with Gasteiger partial charge in [0.15, 0.2) is 5.96 Å². The van der Waals surface area contributed by atoms with Crippen LogP contribution in [0.5, 0.6) is 5.75 Å². The molecule has 0 saturated heterocycles. The van der Waals surface area contributed by atoms with Gasteiger partial charge >= 0.3 is 0 Å². The van der Waals surface area contributed by atoms with Crippen molar-refractivity contribution in [2.75, 3.05) is 6.54 Å². The molecule has 23 heavy (non-hydrogen) atoms. The van der Waals surface area contributed by atoms with Crippen LogP contribution in [0.1, 0.15) is 23.6 Å². The molecule has 0 amide bonds. The van der Waals surface area contributed by atoms with Crippen molar-refractivity contribution < 1.29 is 5.11 Å². The lowest BCUT2D eigenvalue weighted by molar-refractivity contribution is 0.475. The third-order valence-electron chi connectivity index (χ3n) is 3.24. The van der Waals surface area contributed by atoms with Gasteiger partial charge in [0.25, 0.3) is 0 Å². The summed E-state index contributed by atoms with van der Waals surface area (Å²) in [6, 6.07) is 15.5. The molecule has 124 valence electrons. The first-order valence-corrected chi connectivity index (χ1v) is 7.53. The quantitative estimate of drug-likeness (QED) is 0.390. The molecule has 0 saturated carbocycles. The largest absolute Gasteiger partial charge is 0.508 e. The Bertz CT molecular complexity index is 626. The van der Waals surface area contributed by atoms with Crippen LogP contribution in [0.25, 0.3) is 0 Å². The Kier molecular flexibility index (Phi) is 8.47. The molecule has 2 aromatic rings. The molecule has 0 heterocycles. The summed E-state index contributed by atoms with van der Waals surface area (Å²) in [5, 5.41) is 15.8. The normalized spacial score (nSPS) is 10.8. The Morgan fingerprint density at radius 2 is 1.78 bits per heavy atom. The summed E-state index contributed by atoms with van der Waals surface area (Å²) in [7, 11) is 0. The Balaban J connectivity index is 0.00000264. The maximum absolute atomic E-state index is 9.29. The van der Waals surface area contributed by atoms with Crippen molar-refractivity contribution in [1.82, 2.24) is 10.6 Å². The maximum atomic E-state index is 9.29. The molecular formula is C18H24IN3O. The molecule has 0 aliphatic heterocycles. The number of nitrogens with zero attached hydrogens (tertiary/aromatic N) is 1. The average Bonchev–Trinajstić information content (AvgIpc) is 2.52. The minimum Gasteiger partial charge on any atom is -0.508 e. The van der Waals surface area contributed by atoms with Gasteiger partial charge in [0.2, 0.25) is 0 Å². The van der Waals surface area contributed by atoms with Crippen LogP contribution in [-0.2, 0) is 13.1 Å². The highest BCUT2D eigenvalue weighted by atomic mass is 127. The molecule has 2 rings (SSSR count). The minimum atomic E-state index is 0. The number of halogens is 1. The van der Waals surface area contributed by atoms with E-state index in [4.69, 9.17) is 0 Å². The molecule has 0 aromatic heterocycles. The number of aryl methyl sites for hydroxylation is 1. The van der Waals surface area contributed by atoms with Gasteiger partial charge in [-0.1, -0.05) is 42.0 Å². The number of benzene rings is 2. The van der Waals surface area contributed by atoms with E-state index < -0.39 is 0 Å². The monoisotopic (exact) mass is 425 g/mol. The fourth-order valence-corrected chi connectivity index (χ4v) is 2.12. The molecule has 2 aromatic carbocycles. The van der Waals surface area contributed by atoms with Gasteiger partial charge < -0.3 is 15.7 Å². The highest BCUT2D eigenvalue weighted by Gasteiger charge is 1.99. The van der Waals surface area contributed by atoms with Crippen LogP contribution in [-0.4, -0.2) is 17.6 Å². The first kappa shape index (κ1) is 19.3. The van der Waals surface area contributed by atoms with Crippen LogP contribution in [0, 0.1) is 6.92 Å². The van der Waals surface area contributed by atoms with Gasteiger partial charge in [-0.05, 0) is 37.1 Å². The van der Waals surface area contributed by atoms with E-state index in [1.807, 2.05) is 19.1 Å². The van der Waals surface area contributed by atoms with Crippen molar-refractivity contribution in [3.63, 3.8) is 0 Å². The van der Waals surface area contributed by atoms with Crippen LogP contribution in [0.2, 0.25) is 0 Å². The van der Waals surface area contributed by atoms with E-state index in [0.29, 0.717) is 13.1 Å². The van der Waals surface area contributed by atoms with Crippen LogP contribution in [0.3, 0.4) is 0 Å². The Hall–Kier alpha value is -1.76.